The van der Waals surface area contributed by atoms with Crippen molar-refractivity contribution in [2.24, 2.45) is 0 Å². The number of nitrogens with one attached hydrogen (secondary N) is 1. The SMILES string of the molecule is CS(=O)(=O)c1ccc(-c2cnc(C(=O)Nc3ccc(C#N)cc3C(=O)O)cn2)cc1. The number of carboxylic acid groups (broad SMARTS) is 1. The molecule has 0 spiro atoms. The van der Waals surface area contributed by atoms with Crippen molar-refractivity contribution < 1.29 is 23.1 Å². The number of aromatic carboxylic acids is 1. The topological polar surface area (TPSA) is 150 Å². The van der Waals surface area contributed by atoms with Crippen LogP contribution in [0.15, 0.2) is 59.8 Å². The summed E-state index contributed by atoms with van der Waals surface area (Å²) in [4.78, 5) is 32.1. The summed E-state index contributed by atoms with van der Waals surface area (Å²) in [5, 5.41) is 20.6. The molecular formula is C20H14N4O5S. The first-order chi connectivity index (χ1) is 14.2. The van der Waals surface area contributed by atoms with Crippen molar-refractivity contribution in [1.82, 2.24) is 9.97 Å². The van der Waals surface area contributed by atoms with E-state index >= 15 is 0 Å². The van der Waals surface area contributed by atoms with Crippen LogP contribution < -0.4 is 5.32 Å². The van der Waals surface area contributed by atoms with Crippen molar-refractivity contribution in [3.05, 3.63) is 71.7 Å². The largest absolute Gasteiger partial charge is 0.478 e. The van der Waals surface area contributed by atoms with E-state index in [4.69, 9.17) is 5.26 Å². The Morgan fingerprint density at radius 2 is 1.77 bits per heavy atom. The molecule has 2 aromatic carbocycles. The molecule has 0 saturated carbocycles. The number of rotatable bonds is 5. The number of carbonyl (C=O) groups is 2. The third kappa shape index (κ3) is 4.48. The Labute approximate surface area is 171 Å². The molecule has 0 saturated heterocycles. The van der Waals surface area contributed by atoms with Gasteiger partial charge < -0.3 is 10.4 Å². The Balaban J connectivity index is 1.81. The Morgan fingerprint density at radius 3 is 2.30 bits per heavy atom. The smallest absolute Gasteiger partial charge is 0.337 e. The van der Waals surface area contributed by atoms with E-state index in [1.807, 2.05) is 6.07 Å². The molecular weight excluding hydrogens is 408 g/mol. The van der Waals surface area contributed by atoms with Crippen LogP contribution in [0.4, 0.5) is 5.69 Å². The zero-order valence-electron chi connectivity index (χ0n) is 15.5. The Morgan fingerprint density at radius 1 is 1.07 bits per heavy atom. The van der Waals surface area contributed by atoms with Gasteiger partial charge in [-0.1, -0.05) is 12.1 Å². The van der Waals surface area contributed by atoms with Crippen LogP contribution in [-0.4, -0.2) is 41.6 Å². The summed E-state index contributed by atoms with van der Waals surface area (Å²) in [6.07, 6.45) is 3.68. The third-order valence-corrected chi connectivity index (χ3v) is 5.22. The number of hydrogen-bond acceptors (Lipinski definition) is 7. The van der Waals surface area contributed by atoms with Gasteiger partial charge in [0.15, 0.2) is 9.84 Å². The maximum absolute atomic E-state index is 12.4. The fourth-order valence-corrected chi connectivity index (χ4v) is 3.18. The van der Waals surface area contributed by atoms with Crippen molar-refractivity contribution >= 4 is 27.4 Å². The maximum atomic E-state index is 12.4. The molecule has 150 valence electrons. The van der Waals surface area contributed by atoms with E-state index < -0.39 is 21.7 Å². The lowest BCUT2D eigenvalue weighted by Crippen LogP contribution is -2.16. The normalized spacial score (nSPS) is 10.8. The zero-order chi connectivity index (χ0) is 21.9. The van der Waals surface area contributed by atoms with E-state index in [9.17, 15) is 23.1 Å². The number of anilines is 1. The van der Waals surface area contributed by atoms with Gasteiger partial charge in [-0.05, 0) is 30.3 Å². The first kappa shape index (κ1) is 20.6. The molecule has 1 aromatic heterocycles. The van der Waals surface area contributed by atoms with Crippen LogP contribution in [0, 0.1) is 11.3 Å². The van der Waals surface area contributed by atoms with Crippen LogP contribution in [0.25, 0.3) is 11.3 Å². The molecule has 0 aliphatic heterocycles. The zero-order valence-corrected chi connectivity index (χ0v) is 16.3. The van der Waals surface area contributed by atoms with Crippen LogP contribution in [-0.2, 0) is 9.84 Å². The van der Waals surface area contributed by atoms with Gasteiger partial charge in [-0.2, -0.15) is 5.26 Å². The van der Waals surface area contributed by atoms with E-state index in [1.54, 1.807) is 12.1 Å². The molecule has 3 aromatic rings. The number of hydrogen-bond donors (Lipinski definition) is 2. The molecule has 0 unspecified atom stereocenters. The summed E-state index contributed by atoms with van der Waals surface area (Å²) in [5.74, 6) is -1.96. The summed E-state index contributed by atoms with van der Waals surface area (Å²) >= 11 is 0. The van der Waals surface area contributed by atoms with E-state index in [0.29, 0.717) is 11.3 Å². The molecule has 9 nitrogen and oxygen atoms in total. The molecule has 0 radical (unpaired) electrons. The summed E-state index contributed by atoms with van der Waals surface area (Å²) in [7, 11) is -3.31. The van der Waals surface area contributed by atoms with Crippen LogP contribution in [0.1, 0.15) is 26.4 Å². The average Bonchev–Trinajstić information content (AvgIpc) is 2.73. The van der Waals surface area contributed by atoms with Crippen molar-refractivity contribution in [1.29, 1.82) is 5.26 Å². The Bertz CT molecular complexity index is 1280. The molecule has 0 aliphatic rings. The van der Waals surface area contributed by atoms with Crippen LogP contribution in [0.5, 0.6) is 0 Å². The molecule has 3 rings (SSSR count). The number of aromatic nitrogens is 2. The number of carboxylic acids is 1. The molecule has 1 amide bonds. The second-order valence-electron chi connectivity index (χ2n) is 6.21. The highest BCUT2D eigenvalue weighted by Gasteiger charge is 2.16. The van der Waals surface area contributed by atoms with Crippen molar-refractivity contribution in [3.63, 3.8) is 0 Å². The van der Waals surface area contributed by atoms with Gasteiger partial charge in [0.25, 0.3) is 5.91 Å². The van der Waals surface area contributed by atoms with Crippen LogP contribution in [0.3, 0.4) is 0 Å². The number of carbonyl (C=O) groups excluding carboxylic acids is 1. The van der Waals surface area contributed by atoms with Gasteiger partial charge in [0.1, 0.15) is 5.69 Å². The summed E-state index contributed by atoms with van der Waals surface area (Å²) < 4.78 is 23.1. The second-order valence-corrected chi connectivity index (χ2v) is 8.23. The Kier molecular flexibility index (Phi) is 5.57. The molecule has 0 atom stereocenters. The quantitative estimate of drug-likeness (QED) is 0.636. The van der Waals surface area contributed by atoms with Gasteiger partial charge in [-0.15, -0.1) is 0 Å². The van der Waals surface area contributed by atoms with Crippen molar-refractivity contribution in [2.75, 3.05) is 11.6 Å². The standard InChI is InChI=1S/C20H14N4O5S/c1-30(28,29)14-5-3-13(4-6-14)17-10-23-18(11-22-17)19(25)24-16-7-2-12(9-21)8-15(16)20(26)27/h2-8,10-11H,1H3,(H,24,25)(H,26,27). The van der Waals surface area contributed by atoms with Gasteiger partial charge in [0, 0.05) is 11.8 Å². The van der Waals surface area contributed by atoms with Gasteiger partial charge >= 0.3 is 5.97 Å². The highest BCUT2D eigenvalue weighted by molar-refractivity contribution is 7.90. The van der Waals surface area contributed by atoms with E-state index in [1.165, 1.54) is 36.7 Å². The Hall–Kier alpha value is -4.10. The van der Waals surface area contributed by atoms with Gasteiger partial charge in [0.2, 0.25) is 0 Å². The third-order valence-electron chi connectivity index (χ3n) is 4.09. The number of amides is 1. The summed E-state index contributed by atoms with van der Waals surface area (Å²) in [6.45, 7) is 0. The van der Waals surface area contributed by atoms with Crippen LogP contribution >= 0.6 is 0 Å². The lowest BCUT2D eigenvalue weighted by Gasteiger charge is -2.09. The highest BCUT2D eigenvalue weighted by Crippen LogP contribution is 2.20. The number of nitrogens with zero attached hydrogens (tertiary/aromatic N) is 3. The first-order valence-corrected chi connectivity index (χ1v) is 10.3. The number of sulfone groups is 1. The molecule has 2 N–H and O–H groups in total. The van der Waals surface area contributed by atoms with Gasteiger partial charge in [-0.25, -0.2) is 18.2 Å². The second kappa shape index (κ2) is 8.10. The number of nitriles is 1. The molecule has 0 bridgehead atoms. The summed E-state index contributed by atoms with van der Waals surface area (Å²) in [6, 6.07) is 11.8. The van der Waals surface area contributed by atoms with E-state index in [-0.39, 0.29) is 27.4 Å². The average molecular weight is 422 g/mol. The minimum absolute atomic E-state index is 0.0220. The monoisotopic (exact) mass is 422 g/mol. The fraction of sp³-hybridized carbons (Fsp3) is 0.0500. The summed E-state index contributed by atoms with van der Waals surface area (Å²) in [5.41, 5.74) is 0.939. The van der Waals surface area contributed by atoms with Crippen LogP contribution in [0.2, 0.25) is 0 Å². The lowest BCUT2D eigenvalue weighted by atomic mass is 10.1. The molecule has 0 aliphatic carbocycles. The van der Waals surface area contributed by atoms with Crippen molar-refractivity contribution in [3.8, 4) is 17.3 Å². The first-order valence-electron chi connectivity index (χ1n) is 8.40. The van der Waals surface area contributed by atoms with Crippen molar-refractivity contribution in [2.45, 2.75) is 4.90 Å². The predicted molar refractivity (Wildman–Crippen MR) is 107 cm³/mol. The lowest BCUT2D eigenvalue weighted by molar-refractivity contribution is 0.0698. The highest BCUT2D eigenvalue weighted by atomic mass is 32.2. The minimum Gasteiger partial charge on any atom is -0.478 e. The van der Waals surface area contributed by atoms with Gasteiger partial charge in [0.05, 0.1) is 45.9 Å². The maximum Gasteiger partial charge on any atom is 0.337 e. The molecule has 1 heterocycles. The van der Waals surface area contributed by atoms with E-state index in [0.717, 1.165) is 12.3 Å². The predicted octanol–water partition coefficient (Wildman–Crippen LogP) is 2.37. The minimum atomic E-state index is -3.31. The molecule has 10 heteroatoms. The molecule has 0 fully saturated rings. The number of benzene rings is 2. The van der Waals surface area contributed by atoms with Gasteiger partial charge in [-0.3, -0.25) is 9.78 Å². The van der Waals surface area contributed by atoms with E-state index in [2.05, 4.69) is 15.3 Å². The molecule has 30 heavy (non-hydrogen) atoms. The fourth-order valence-electron chi connectivity index (χ4n) is 2.55.